The van der Waals surface area contributed by atoms with Crippen LogP contribution in [0.15, 0.2) is 41.3 Å². The highest BCUT2D eigenvalue weighted by molar-refractivity contribution is 7.85. The van der Waals surface area contributed by atoms with Crippen molar-refractivity contribution in [3.63, 3.8) is 0 Å². The Labute approximate surface area is 87.1 Å². The highest BCUT2D eigenvalue weighted by atomic mass is 32.2. The Morgan fingerprint density at radius 1 is 1.13 bits per heavy atom. The summed E-state index contributed by atoms with van der Waals surface area (Å²) in [5.41, 5.74) is 7.69. The molecule has 5 heteroatoms. The van der Waals surface area contributed by atoms with Crippen LogP contribution >= 0.6 is 0 Å². The third-order valence-corrected chi connectivity index (χ3v) is 2.96. The Hall–Kier alpha value is -1.59. The summed E-state index contributed by atoms with van der Waals surface area (Å²) in [5.74, 6) is 0. The van der Waals surface area contributed by atoms with E-state index >= 15 is 0 Å². The zero-order valence-corrected chi connectivity index (χ0v) is 8.45. The largest absolute Gasteiger partial charge is 0.300 e. The zero-order chi connectivity index (χ0) is 11.1. The number of benzene rings is 2. The maximum absolute atomic E-state index is 10.9. The summed E-state index contributed by atoms with van der Waals surface area (Å²) in [6.07, 6.45) is 0. The van der Waals surface area contributed by atoms with Crippen molar-refractivity contribution in [1.82, 2.24) is 5.73 Å². The number of fused-ring (bicyclic) bond motifs is 1. The van der Waals surface area contributed by atoms with Crippen LogP contribution < -0.4 is 5.73 Å². The van der Waals surface area contributed by atoms with Crippen molar-refractivity contribution in [2.45, 2.75) is 4.90 Å². The van der Waals surface area contributed by atoms with Gasteiger partial charge in [0.25, 0.3) is 10.1 Å². The van der Waals surface area contributed by atoms with Crippen LogP contribution in [-0.4, -0.2) is 13.0 Å². The Morgan fingerprint density at radius 2 is 1.80 bits per heavy atom. The quantitative estimate of drug-likeness (QED) is 0.749. The summed E-state index contributed by atoms with van der Waals surface area (Å²) in [5, 5.41) is 1.28. The van der Waals surface area contributed by atoms with E-state index in [1.807, 2.05) is 0 Å². The lowest BCUT2D eigenvalue weighted by Gasteiger charge is -2.03. The molecule has 0 saturated heterocycles. The van der Waals surface area contributed by atoms with E-state index in [2.05, 4.69) is 0 Å². The van der Waals surface area contributed by atoms with Gasteiger partial charge in [0, 0.05) is 5.39 Å². The van der Waals surface area contributed by atoms with E-state index in [1.165, 1.54) is 6.07 Å². The van der Waals surface area contributed by atoms with Gasteiger partial charge in [0.15, 0.2) is 0 Å². The average molecular weight is 222 g/mol. The van der Waals surface area contributed by atoms with Crippen LogP contribution in [0, 0.1) is 0 Å². The first-order chi connectivity index (χ1) is 6.98. The van der Waals surface area contributed by atoms with Crippen molar-refractivity contribution in [3.05, 3.63) is 36.4 Å². The Kier molecular flexibility index (Phi) is 2.13. The van der Waals surface area contributed by atoms with Crippen molar-refractivity contribution in [2.24, 2.45) is 0 Å². The van der Waals surface area contributed by atoms with Gasteiger partial charge in [-0.15, -0.1) is 0 Å². The molecule has 2 N–H and O–H groups in total. The van der Waals surface area contributed by atoms with E-state index in [0.717, 1.165) is 6.07 Å². The van der Waals surface area contributed by atoms with Gasteiger partial charge in [0.2, 0.25) is 0 Å². The van der Waals surface area contributed by atoms with Gasteiger partial charge in [0.1, 0.15) is 0 Å². The fraction of sp³-hybridized carbons (Fsp3) is 0. The van der Waals surface area contributed by atoms with Crippen molar-refractivity contribution >= 4 is 26.6 Å². The first kappa shape index (κ1) is 9.95. The number of hydrogen-bond acceptors (Lipinski definition) is 2. The number of hydrogen-bond donors (Lipinski definition) is 1. The van der Waals surface area contributed by atoms with E-state index in [0.29, 0.717) is 10.8 Å². The SMILES string of the molecule is [NH]c1cc(S(=O)(=O)O)cc2ccccc12. The molecule has 2 aromatic carbocycles. The van der Waals surface area contributed by atoms with Crippen molar-refractivity contribution in [2.75, 3.05) is 0 Å². The van der Waals surface area contributed by atoms with E-state index in [4.69, 9.17) is 10.3 Å². The van der Waals surface area contributed by atoms with Crippen molar-refractivity contribution in [1.29, 1.82) is 0 Å². The molecule has 2 rings (SSSR count). The molecule has 77 valence electrons. The lowest BCUT2D eigenvalue weighted by Crippen LogP contribution is -1.98. The third-order valence-electron chi connectivity index (χ3n) is 2.13. The zero-order valence-electron chi connectivity index (χ0n) is 7.64. The minimum atomic E-state index is -4.24. The highest BCUT2D eigenvalue weighted by Gasteiger charge is 2.11. The molecule has 0 aliphatic heterocycles. The molecule has 15 heavy (non-hydrogen) atoms. The fourth-order valence-electron chi connectivity index (χ4n) is 1.43. The molecule has 0 amide bonds. The molecular weight excluding hydrogens is 214 g/mol. The molecule has 0 atom stereocenters. The third kappa shape index (κ3) is 1.79. The molecule has 0 aliphatic carbocycles. The summed E-state index contributed by atoms with van der Waals surface area (Å²) in [7, 11) is -4.24. The van der Waals surface area contributed by atoms with Crippen LogP contribution in [0.4, 0.5) is 5.69 Å². The van der Waals surface area contributed by atoms with Crippen molar-refractivity contribution < 1.29 is 13.0 Å². The van der Waals surface area contributed by atoms with Gasteiger partial charge in [-0.25, -0.2) is 0 Å². The Balaban J connectivity index is 2.85. The molecule has 0 fully saturated rings. The Morgan fingerprint density at radius 3 is 2.47 bits per heavy atom. The van der Waals surface area contributed by atoms with E-state index < -0.39 is 10.1 Å². The molecule has 0 saturated carbocycles. The molecule has 0 unspecified atom stereocenters. The summed E-state index contributed by atoms with van der Waals surface area (Å²) in [6.45, 7) is 0. The monoisotopic (exact) mass is 222 g/mol. The second kappa shape index (κ2) is 3.22. The molecular formula is C10H8NO3S. The molecule has 1 radical (unpaired) electrons. The smallest absolute Gasteiger partial charge is 0.294 e. The molecule has 0 heterocycles. The topological polar surface area (TPSA) is 78.2 Å². The summed E-state index contributed by atoms with van der Waals surface area (Å²) < 4.78 is 30.7. The van der Waals surface area contributed by atoms with Gasteiger partial charge in [-0.05, 0) is 17.5 Å². The van der Waals surface area contributed by atoms with Gasteiger partial charge < -0.3 is 5.73 Å². The van der Waals surface area contributed by atoms with Crippen LogP contribution in [0.2, 0.25) is 0 Å². The van der Waals surface area contributed by atoms with E-state index in [9.17, 15) is 8.42 Å². The summed E-state index contributed by atoms with van der Waals surface area (Å²) in [6, 6.07) is 9.43. The normalized spacial score (nSPS) is 11.8. The van der Waals surface area contributed by atoms with Crippen molar-refractivity contribution in [3.8, 4) is 0 Å². The minimum Gasteiger partial charge on any atom is -0.300 e. The lowest BCUT2D eigenvalue weighted by atomic mass is 10.1. The lowest BCUT2D eigenvalue weighted by molar-refractivity contribution is 0.483. The molecule has 0 aliphatic rings. The summed E-state index contributed by atoms with van der Waals surface area (Å²) >= 11 is 0. The van der Waals surface area contributed by atoms with Gasteiger partial charge in [-0.3, -0.25) is 4.55 Å². The molecule has 2 aromatic rings. The predicted molar refractivity (Wildman–Crippen MR) is 56.5 cm³/mol. The Bertz CT molecular complexity index is 620. The van der Waals surface area contributed by atoms with Crippen LogP contribution in [-0.2, 0) is 10.1 Å². The fourth-order valence-corrected chi connectivity index (χ4v) is 1.97. The number of rotatable bonds is 1. The highest BCUT2D eigenvalue weighted by Crippen LogP contribution is 2.26. The second-order valence-corrected chi connectivity index (χ2v) is 4.59. The molecule has 4 nitrogen and oxygen atoms in total. The van der Waals surface area contributed by atoms with Crippen LogP contribution in [0.25, 0.3) is 10.8 Å². The van der Waals surface area contributed by atoms with Crippen LogP contribution in [0.3, 0.4) is 0 Å². The maximum atomic E-state index is 10.9. The van der Waals surface area contributed by atoms with Gasteiger partial charge in [0.05, 0.1) is 10.6 Å². The average Bonchev–Trinajstić information content (AvgIpc) is 2.16. The standard InChI is InChI=1S/C10H8NO3S/c11-10-6-8(15(12,13)14)5-7-3-1-2-4-9(7)10/h1-6,11H,(H,12,13,14). The molecule has 0 bridgehead atoms. The van der Waals surface area contributed by atoms with Gasteiger partial charge >= 0.3 is 0 Å². The number of nitrogens with one attached hydrogen (secondary N) is 1. The predicted octanol–water partition coefficient (Wildman–Crippen LogP) is 2.00. The first-order valence-corrected chi connectivity index (χ1v) is 5.64. The summed E-state index contributed by atoms with van der Waals surface area (Å²) in [4.78, 5) is -0.244. The van der Waals surface area contributed by atoms with Gasteiger partial charge in [-0.1, -0.05) is 24.3 Å². The first-order valence-electron chi connectivity index (χ1n) is 4.20. The van der Waals surface area contributed by atoms with E-state index in [-0.39, 0.29) is 10.6 Å². The molecule has 0 spiro atoms. The van der Waals surface area contributed by atoms with Crippen LogP contribution in [0.5, 0.6) is 0 Å². The van der Waals surface area contributed by atoms with Gasteiger partial charge in [-0.2, -0.15) is 8.42 Å². The molecule has 0 aromatic heterocycles. The minimum absolute atomic E-state index is 0.0840. The van der Waals surface area contributed by atoms with E-state index in [1.54, 1.807) is 24.3 Å². The van der Waals surface area contributed by atoms with Crippen LogP contribution in [0.1, 0.15) is 0 Å². The maximum Gasteiger partial charge on any atom is 0.294 e. The second-order valence-electron chi connectivity index (χ2n) is 3.17.